The van der Waals surface area contributed by atoms with E-state index in [0.29, 0.717) is 4.83 Å². The van der Waals surface area contributed by atoms with E-state index in [4.69, 9.17) is 0 Å². The Bertz CT molecular complexity index is 691. The van der Waals surface area contributed by atoms with Gasteiger partial charge in [-0.3, -0.25) is 0 Å². The van der Waals surface area contributed by atoms with Crippen molar-refractivity contribution in [3.05, 3.63) is 48.5 Å². The van der Waals surface area contributed by atoms with Crippen molar-refractivity contribution in [1.29, 1.82) is 0 Å². The maximum atomic E-state index is 4.43. The highest BCUT2D eigenvalue weighted by molar-refractivity contribution is 9.09. The summed E-state index contributed by atoms with van der Waals surface area (Å²) in [6, 6.07) is 10.0. The van der Waals surface area contributed by atoms with Crippen LogP contribution in [-0.4, -0.2) is 24.6 Å². The smallest absolute Gasteiger partial charge is 0.166 e. The van der Waals surface area contributed by atoms with Crippen LogP contribution in [0.3, 0.4) is 0 Å². The summed E-state index contributed by atoms with van der Waals surface area (Å²) in [5.74, 6) is 0. The van der Waals surface area contributed by atoms with Gasteiger partial charge in [0.2, 0.25) is 0 Å². The van der Waals surface area contributed by atoms with Gasteiger partial charge in [0.05, 0.1) is 23.0 Å². The molecule has 0 saturated heterocycles. The molecule has 1 unspecified atom stereocenters. The second-order valence-corrected chi connectivity index (χ2v) is 6.00. The Kier molecular flexibility index (Phi) is 3.29. The lowest BCUT2D eigenvalue weighted by Crippen LogP contribution is -2.02. The summed E-state index contributed by atoms with van der Waals surface area (Å²) in [7, 11) is 0. The van der Waals surface area contributed by atoms with E-state index in [1.54, 1.807) is 6.33 Å². The SMILES string of the molecule is CC(Br)Cc1ncnc2c1cnn2-c1ccccc1. The average Bonchev–Trinajstić information content (AvgIpc) is 2.84. The second-order valence-electron chi connectivity index (χ2n) is 4.43. The molecule has 0 fully saturated rings. The van der Waals surface area contributed by atoms with E-state index < -0.39 is 0 Å². The molecular formula is C14H13BrN4. The summed E-state index contributed by atoms with van der Waals surface area (Å²) in [6.45, 7) is 2.11. The quantitative estimate of drug-likeness (QED) is 0.697. The molecule has 96 valence electrons. The fourth-order valence-corrected chi connectivity index (χ4v) is 2.39. The molecule has 0 amide bonds. The Labute approximate surface area is 119 Å². The first-order valence-corrected chi connectivity index (χ1v) is 7.04. The van der Waals surface area contributed by atoms with Gasteiger partial charge in [0, 0.05) is 11.2 Å². The topological polar surface area (TPSA) is 43.6 Å². The second kappa shape index (κ2) is 5.09. The van der Waals surface area contributed by atoms with Crippen molar-refractivity contribution < 1.29 is 0 Å². The van der Waals surface area contributed by atoms with Crippen LogP contribution >= 0.6 is 15.9 Å². The molecule has 2 aromatic heterocycles. The molecule has 0 aliphatic heterocycles. The van der Waals surface area contributed by atoms with Crippen LogP contribution in [-0.2, 0) is 6.42 Å². The monoisotopic (exact) mass is 316 g/mol. The number of fused-ring (bicyclic) bond motifs is 1. The van der Waals surface area contributed by atoms with Crippen molar-refractivity contribution in [2.45, 2.75) is 18.2 Å². The van der Waals surface area contributed by atoms with Crippen molar-refractivity contribution in [1.82, 2.24) is 19.7 Å². The minimum atomic E-state index is 0.380. The van der Waals surface area contributed by atoms with Crippen LogP contribution in [0.15, 0.2) is 42.9 Å². The van der Waals surface area contributed by atoms with Gasteiger partial charge in [0.1, 0.15) is 6.33 Å². The Morgan fingerprint density at radius 1 is 1.21 bits per heavy atom. The lowest BCUT2D eigenvalue weighted by Gasteiger charge is -2.05. The lowest BCUT2D eigenvalue weighted by molar-refractivity contribution is 0.888. The largest absolute Gasteiger partial charge is 0.240 e. The molecule has 1 atom stereocenters. The first-order valence-electron chi connectivity index (χ1n) is 6.13. The Morgan fingerprint density at radius 3 is 2.74 bits per heavy atom. The van der Waals surface area contributed by atoms with E-state index >= 15 is 0 Å². The van der Waals surface area contributed by atoms with Crippen molar-refractivity contribution in [3.63, 3.8) is 0 Å². The van der Waals surface area contributed by atoms with Crippen LogP contribution in [0.2, 0.25) is 0 Å². The normalized spacial score (nSPS) is 12.7. The predicted molar refractivity (Wildman–Crippen MR) is 78.8 cm³/mol. The number of alkyl halides is 1. The summed E-state index contributed by atoms with van der Waals surface area (Å²) in [5.41, 5.74) is 2.88. The number of para-hydroxylation sites is 1. The number of hydrogen-bond acceptors (Lipinski definition) is 3. The van der Waals surface area contributed by atoms with Gasteiger partial charge in [-0.1, -0.05) is 41.1 Å². The summed E-state index contributed by atoms with van der Waals surface area (Å²) in [6.07, 6.45) is 4.31. The Balaban J connectivity index is 2.14. The number of halogens is 1. The van der Waals surface area contributed by atoms with Gasteiger partial charge in [0.15, 0.2) is 5.65 Å². The molecule has 5 heteroatoms. The average molecular weight is 317 g/mol. The molecule has 4 nitrogen and oxygen atoms in total. The molecule has 0 radical (unpaired) electrons. The zero-order valence-electron chi connectivity index (χ0n) is 10.5. The van der Waals surface area contributed by atoms with Crippen LogP contribution in [0.25, 0.3) is 16.7 Å². The lowest BCUT2D eigenvalue weighted by atomic mass is 10.2. The molecular weight excluding hydrogens is 304 g/mol. The summed E-state index contributed by atoms with van der Waals surface area (Å²) < 4.78 is 1.85. The predicted octanol–water partition coefficient (Wildman–Crippen LogP) is 3.14. The molecule has 2 heterocycles. The molecule has 3 aromatic rings. The molecule has 0 saturated carbocycles. The van der Waals surface area contributed by atoms with Crippen LogP contribution in [0, 0.1) is 0 Å². The molecule has 0 N–H and O–H groups in total. The third kappa shape index (κ3) is 2.38. The highest BCUT2D eigenvalue weighted by Crippen LogP contribution is 2.20. The Hall–Kier alpha value is -1.75. The van der Waals surface area contributed by atoms with E-state index in [9.17, 15) is 0 Å². The van der Waals surface area contributed by atoms with E-state index in [2.05, 4.69) is 37.9 Å². The van der Waals surface area contributed by atoms with Crippen molar-refractivity contribution in [2.75, 3.05) is 0 Å². The molecule has 1 aromatic carbocycles. The van der Waals surface area contributed by atoms with Gasteiger partial charge in [-0.15, -0.1) is 0 Å². The number of aromatic nitrogens is 4. The number of rotatable bonds is 3. The number of hydrogen-bond donors (Lipinski definition) is 0. The molecule has 3 rings (SSSR count). The zero-order valence-corrected chi connectivity index (χ0v) is 12.1. The summed E-state index contributed by atoms with van der Waals surface area (Å²) in [5, 5.41) is 5.44. The van der Waals surface area contributed by atoms with Gasteiger partial charge < -0.3 is 0 Å². The summed E-state index contributed by atoms with van der Waals surface area (Å²) >= 11 is 3.56. The first-order chi connectivity index (χ1) is 9.25. The van der Waals surface area contributed by atoms with Gasteiger partial charge in [0.25, 0.3) is 0 Å². The number of benzene rings is 1. The molecule has 0 aliphatic rings. The highest BCUT2D eigenvalue weighted by Gasteiger charge is 2.12. The van der Waals surface area contributed by atoms with E-state index in [-0.39, 0.29) is 0 Å². The van der Waals surface area contributed by atoms with Crippen LogP contribution < -0.4 is 0 Å². The van der Waals surface area contributed by atoms with Gasteiger partial charge in [-0.2, -0.15) is 5.10 Å². The fourth-order valence-electron chi connectivity index (χ4n) is 2.08. The number of nitrogens with zero attached hydrogens (tertiary/aromatic N) is 4. The van der Waals surface area contributed by atoms with Crippen LogP contribution in [0.4, 0.5) is 0 Å². The zero-order chi connectivity index (χ0) is 13.2. The highest BCUT2D eigenvalue weighted by atomic mass is 79.9. The molecule has 0 spiro atoms. The fraction of sp³-hybridized carbons (Fsp3) is 0.214. The van der Waals surface area contributed by atoms with Crippen molar-refractivity contribution >= 4 is 27.0 Å². The van der Waals surface area contributed by atoms with Gasteiger partial charge in [-0.25, -0.2) is 14.6 Å². The molecule has 0 aliphatic carbocycles. The van der Waals surface area contributed by atoms with E-state index in [1.807, 2.05) is 41.2 Å². The minimum absolute atomic E-state index is 0.380. The van der Waals surface area contributed by atoms with Gasteiger partial charge >= 0.3 is 0 Å². The van der Waals surface area contributed by atoms with Gasteiger partial charge in [-0.05, 0) is 12.1 Å². The maximum absolute atomic E-state index is 4.43. The van der Waals surface area contributed by atoms with Crippen molar-refractivity contribution in [3.8, 4) is 5.69 Å². The third-order valence-electron chi connectivity index (χ3n) is 2.92. The third-order valence-corrected chi connectivity index (χ3v) is 3.25. The van der Waals surface area contributed by atoms with Crippen molar-refractivity contribution in [2.24, 2.45) is 0 Å². The minimum Gasteiger partial charge on any atom is -0.240 e. The molecule has 0 bridgehead atoms. The Morgan fingerprint density at radius 2 is 2.00 bits per heavy atom. The maximum Gasteiger partial charge on any atom is 0.166 e. The van der Waals surface area contributed by atoms with Crippen LogP contribution in [0.1, 0.15) is 12.6 Å². The standard InChI is InChI=1S/C14H13BrN4/c1-10(15)7-13-12-8-18-19(14(12)17-9-16-13)11-5-3-2-4-6-11/h2-6,8-10H,7H2,1H3. The van der Waals surface area contributed by atoms with E-state index in [0.717, 1.165) is 28.8 Å². The molecule has 19 heavy (non-hydrogen) atoms. The van der Waals surface area contributed by atoms with E-state index in [1.165, 1.54) is 0 Å². The van der Waals surface area contributed by atoms with Crippen LogP contribution in [0.5, 0.6) is 0 Å². The summed E-state index contributed by atoms with van der Waals surface area (Å²) in [4.78, 5) is 9.10. The first kappa shape index (κ1) is 12.3.